The standard InChI is InChI=1S/C32H53BrNO2P/c1-16-35-28(33)26(20(3)4)37(27(21(5)6)29(37)36-17-2)34-25-23(31(10,11)12)18-22(30(7,8)9)19-24(25)32(13,14)15/h18-21H,16-17H2,1-15H3/b28-26+. The maximum absolute atomic E-state index is 6.43. The molecule has 1 heterocycles. The second-order valence-electron chi connectivity index (χ2n) is 13.9. The minimum Gasteiger partial charge on any atom is -0.491 e. The van der Waals surface area contributed by atoms with Gasteiger partial charge in [0.25, 0.3) is 0 Å². The van der Waals surface area contributed by atoms with E-state index in [1.165, 1.54) is 27.3 Å². The molecule has 0 N–H and O–H groups in total. The van der Waals surface area contributed by atoms with Crippen LogP contribution < -0.4 is 0 Å². The van der Waals surface area contributed by atoms with E-state index in [9.17, 15) is 0 Å². The number of halogens is 1. The summed E-state index contributed by atoms with van der Waals surface area (Å²) in [4.78, 5) is 0. The lowest BCUT2D eigenvalue weighted by atomic mass is 9.74. The van der Waals surface area contributed by atoms with Crippen molar-refractivity contribution < 1.29 is 9.47 Å². The van der Waals surface area contributed by atoms with E-state index in [-0.39, 0.29) is 22.2 Å². The van der Waals surface area contributed by atoms with Crippen molar-refractivity contribution in [2.24, 2.45) is 16.6 Å². The molecule has 3 nitrogen and oxygen atoms in total. The average molecular weight is 595 g/mol. The molecular formula is C32H53BrNO2P. The minimum atomic E-state index is -2.26. The maximum atomic E-state index is 6.43. The molecule has 0 saturated heterocycles. The first-order valence-electron chi connectivity index (χ1n) is 14.0. The van der Waals surface area contributed by atoms with Gasteiger partial charge in [0.1, 0.15) is 5.50 Å². The highest BCUT2D eigenvalue weighted by Gasteiger charge is 2.55. The Morgan fingerprint density at radius 3 is 1.65 bits per heavy atom. The number of rotatable bonds is 8. The summed E-state index contributed by atoms with van der Waals surface area (Å²) in [6.07, 6.45) is 0. The van der Waals surface area contributed by atoms with E-state index in [1.54, 1.807) is 0 Å². The van der Waals surface area contributed by atoms with Crippen LogP contribution >= 0.6 is 23.0 Å². The molecule has 1 atom stereocenters. The summed E-state index contributed by atoms with van der Waals surface area (Å²) < 4.78 is 19.3. The van der Waals surface area contributed by atoms with Gasteiger partial charge in [0.05, 0.1) is 26.0 Å². The zero-order valence-corrected chi connectivity index (χ0v) is 28.8. The number of hydrogen-bond acceptors (Lipinski definition) is 3. The number of benzene rings is 1. The minimum absolute atomic E-state index is 0.0454. The van der Waals surface area contributed by atoms with E-state index in [4.69, 9.17) is 14.2 Å². The van der Waals surface area contributed by atoms with Crippen molar-refractivity contribution in [2.75, 3.05) is 13.2 Å². The van der Waals surface area contributed by atoms with E-state index >= 15 is 0 Å². The van der Waals surface area contributed by atoms with Crippen LogP contribution in [0.2, 0.25) is 0 Å². The fraction of sp³-hybridized carbons (Fsp3) is 0.688. The quantitative estimate of drug-likeness (QED) is 0.221. The van der Waals surface area contributed by atoms with E-state index in [2.05, 4.69) is 125 Å². The Bertz CT molecular complexity index is 1080. The van der Waals surface area contributed by atoms with E-state index in [0.717, 1.165) is 15.9 Å². The number of ether oxygens (including phenoxy) is 2. The van der Waals surface area contributed by atoms with Crippen LogP contribution in [-0.4, -0.2) is 13.2 Å². The van der Waals surface area contributed by atoms with Crippen molar-refractivity contribution in [2.45, 2.75) is 120 Å². The van der Waals surface area contributed by atoms with Gasteiger partial charge in [-0.1, -0.05) is 102 Å². The van der Waals surface area contributed by atoms with Crippen molar-refractivity contribution in [3.8, 4) is 0 Å². The molecule has 0 fully saturated rings. The predicted molar refractivity (Wildman–Crippen MR) is 167 cm³/mol. The third kappa shape index (κ3) is 6.60. The molecule has 1 aromatic carbocycles. The Morgan fingerprint density at radius 2 is 1.32 bits per heavy atom. The highest BCUT2D eigenvalue weighted by atomic mass is 79.9. The van der Waals surface area contributed by atoms with Crippen LogP contribution in [0.4, 0.5) is 5.69 Å². The molecule has 1 aliphatic rings. The van der Waals surface area contributed by atoms with Gasteiger partial charge in [-0.3, -0.25) is 4.74 Å². The van der Waals surface area contributed by atoms with Crippen LogP contribution in [0, 0.1) is 11.8 Å². The summed E-state index contributed by atoms with van der Waals surface area (Å²) in [5.41, 5.74) is 6.14. The molecule has 0 aliphatic carbocycles. The Kier molecular flexibility index (Phi) is 9.79. The maximum Gasteiger partial charge on any atom is 0.168 e. The first-order valence-corrected chi connectivity index (χ1v) is 16.5. The Labute approximate surface area is 237 Å². The molecule has 0 bridgehead atoms. The van der Waals surface area contributed by atoms with Gasteiger partial charge < -0.3 is 9.47 Å². The molecular weight excluding hydrogens is 541 g/mol. The summed E-state index contributed by atoms with van der Waals surface area (Å²) in [7, 11) is -2.26. The number of hydrogen-bond donors (Lipinski definition) is 0. The zero-order valence-electron chi connectivity index (χ0n) is 26.3. The summed E-state index contributed by atoms with van der Waals surface area (Å²) >= 11 is 3.85. The topological polar surface area (TPSA) is 30.8 Å². The largest absolute Gasteiger partial charge is 0.491 e. The SMILES string of the molecule is CCOC1=C(C(C)C)P1(=Nc1c(C(C)(C)C)cc(C(C)(C)C)cc1C(C)(C)C)/C(=C(\Br)OCC)C(C)C. The molecule has 5 heteroatoms. The summed E-state index contributed by atoms with van der Waals surface area (Å²) in [6.45, 7) is 35.2. The molecule has 2 rings (SSSR count). The Morgan fingerprint density at radius 1 is 0.838 bits per heavy atom. The first-order chi connectivity index (χ1) is 16.7. The van der Waals surface area contributed by atoms with Crippen molar-refractivity contribution >= 4 is 28.7 Å². The Balaban J connectivity index is 3.21. The van der Waals surface area contributed by atoms with Gasteiger partial charge in [-0.2, -0.15) is 0 Å². The first kappa shape index (κ1) is 32.2. The van der Waals surface area contributed by atoms with Crippen LogP contribution in [0.15, 0.2) is 37.7 Å². The highest BCUT2D eigenvalue weighted by Crippen LogP contribution is 2.88. The molecule has 0 aromatic heterocycles. The normalized spacial score (nSPS) is 19.4. The van der Waals surface area contributed by atoms with Gasteiger partial charge in [0.2, 0.25) is 0 Å². The van der Waals surface area contributed by atoms with E-state index in [1.807, 2.05) is 6.92 Å². The molecule has 1 aliphatic heterocycles. The number of nitrogens with zero attached hydrogens (tertiary/aromatic N) is 1. The second-order valence-corrected chi connectivity index (χ2v) is 17.5. The van der Waals surface area contributed by atoms with Gasteiger partial charge in [-0.15, -0.1) is 0 Å². The van der Waals surface area contributed by atoms with Crippen molar-refractivity contribution in [1.29, 1.82) is 0 Å². The van der Waals surface area contributed by atoms with Crippen LogP contribution in [-0.2, 0) is 25.7 Å². The van der Waals surface area contributed by atoms with Crippen molar-refractivity contribution in [1.82, 2.24) is 0 Å². The molecule has 37 heavy (non-hydrogen) atoms. The van der Waals surface area contributed by atoms with Gasteiger partial charge in [-0.05, 0) is 74.5 Å². The van der Waals surface area contributed by atoms with Crippen LogP contribution in [0.5, 0.6) is 0 Å². The molecule has 1 unspecified atom stereocenters. The fourth-order valence-electron chi connectivity index (χ4n) is 4.95. The van der Waals surface area contributed by atoms with Crippen molar-refractivity contribution in [3.05, 3.63) is 49.6 Å². The number of allylic oxidation sites excluding steroid dienone is 2. The molecule has 0 radical (unpaired) electrons. The van der Waals surface area contributed by atoms with Gasteiger partial charge in [0.15, 0.2) is 4.67 Å². The summed E-state index contributed by atoms with van der Waals surface area (Å²) in [6, 6.07) is 4.83. The van der Waals surface area contributed by atoms with Gasteiger partial charge in [0, 0.05) is 10.6 Å². The monoisotopic (exact) mass is 593 g/mol. The van der Waals surface area contributed by atoms with Crippen molar-refractivity contribution in [3.63, 3.8) is 0 Å². The third-order valence-corrected chi connectivity index (χ3v) is 11.9. The van der Waals surface area contributed by atoms with E-state index in [0.29, 0.717) is 19.1 Å². The summed E-state index contributed by atoms with van der Waals surface area (Å²) in [5, 5.41) is 2.62. The average Bonchev–Trinajstić information content (AvgIpc) is 3.32. The molecule has 0 amide bonds. The zero-order chi connectivity index (χ0) is 28.7. The third-order valence-electron chi connectivity index (χ3n) is 6.85. The second kappa shape index (κ2) is 11.2. The molecule has 210 valence electrons. The predicted octanol–water partition coefficient (Wildman–Crippen LogP) is 11.5. The lowest BCUT2D eigenvalue weighted by Crippen LogP contribution is -2.21. The molecule has 0 spiro atoms. The molecule has 1 aromatic rings. The van der Waals surface area contributed by atoms with Gasteiger partial charge in [-0.25, -0.2) is 0 Å². The summed E-state index contributed by atoms with van der Waals surface area (Å²) in [5.74, 6) is 0.606. The fourth-order valence-corrected chi connectivity index (χ4v) is 10.9. The lowest BCUT2D eigenvalue weighted by molar-refractivity contribution is 0.255. The van der Waals surface area contributed by atoms with Gasteiger partial charge >= 0.3 is 0 Å². The van der Waals surface area contributed by atoms with Crippen LogP contribution in [0.3, 0.4) is 0 Å². The Hall–Kier alpha value is -0.990. The lowest BCUT2D eigenvalue weighted by Gasteiger charge is -2.33. The van der Waals surface area contributed by atoms with Crippen LogP contribution in [0.1, 0.15) is 121 Å². The smallest absolute Gasteiger partial charge is 0.168 e. The molecule has 0 saturated carbocycles. The van der Waals surface area contributed by atoms with Crippen LogP contribution in [0.25, 0.3) is 0 Å². The highest BCUT2D eigenvalue weighted by molar-refractivity contribution is 9.11. The van der Waals surface area contributed by atoms with E-state index < -0.39 is 7.05 Å².